The van der Waals surface area contributed by atoms with E-state index in [9.17, 15) is 4.79 Å². The van der Waals surface area contributed by atoms with Crippen molar-refractivity contribution in [2.75, 3.05) is 49.3 Å². The first kappa shape index (κ1) is 21.4. The summed E-state index contributed by atoms with van der Waals surface area (Å²) in [6, 6.07) is 13.8. The average Bonchev–Trinajstić information content (AvgIpc) is 3.30. The Morgan fingerprint density at radius 3 is 2.65 bits per heavy atom. The van der Waals surface area contributed by atoms with Crippen molar-refractivity contribution in [1.29, 1.82) is 0 Å². The molecule has 0 bridgehead atoms. The number of methoxy groups -OCH3 is 1. The number of rotatable bonds is 8. The summed E-state index contributed by atoms with van der Waals surface area (Å²) in [5.74, 6) is 2.30. The molecule has 1 aromatic carbocycles. The molecule has 8 nitrogen and oxygen atoms in total. The van der Waals surface area contributed by atoms with Gasteiger partial charge in [-0.2, -0.15) is 0 Å². The molecule has 0 unspecified atom stereocenters. The van der Waals surface area contributed by atoms with E-state index in [1.54, 1.807) is 13.3 Å². The summed E-state index contributed by atoms with van der Waals surface area (Å²) in [5, 5.41) is 12.4. The van der Waals surface area contributed by atoms with Crippen molar-refractivity contribution in [3.63, 3.8) is 0 Å². The van der Waals surface area contributed by atoms with Crippen molar-refractivity contribution < 1.29 is 9.53 Å². The number of nitrogens with one attached hydrogen (secondary N) is 1. The number of ether oxygens (including phenoxy) is 1. The van der Waals surface area contributed by atoms with E-state index in [2.05, 4.69) is 25.4 Å². The minimum atomic E-state index is 0.133. The molecule has 1 aliphatic rings. The molecule has 0 atom stereocenters. The van der Waals surface area contributed by atoms with Gasteiger partial charge in [-0.25, -0.2) is 4.98 Å². The van der Waals surface area contributed by atoms with Gasteiger partial charge >= 0.3 is 0 Å². The Bertz CT molecular complexity index is 975. The zero-order valence-electron chi connectivity index (χ0n) is 17.2. The van der Waals surface area contributed by atoms with Gasteiger partial charge in [-0.3, -0.25) is 4.79 Å². The van der Waals surface area contributed by atoms with E-state index in [1.807, 2.05) is 47.4 Å². The van der Waals surface area contributed by atoms with Crippen LogP contribution in [0.5, 0.6) is 5.75 Å². The number of nitrogens with zero attached hydrogens (tertiary/aromatic N) is 5. The van der Waals surface area contributed by atoms with Crippen molar-refractivity contribution in [1.82, 2.24) is 20.1 Å². The zero-order chi connectivity index (χ0) is 21.5. The highest BCUT2D eigenvalue weighted by Crippen LogP contribution is 2.26. The molecule has 0 radical (unpaired) electrons. The fraction of sp³-hybridized carbons (Fsp3) is 0.333. The van der Waals surface area contributed by atoms with Crippen LogP contribution in [0.15, 0.2) is 53.0 Å². The van der Waals surface area contributed by atoms with Gasteiger partial charge in [0.05, 0.1) is 12.9 Å². The van der Waals surface area contributed by atoms with Crippen molar-refractivity contribution in [3.05, 3.63) is 54.2 Å². The molecule has 2 aromatic heterocycles. The Balaban J connectivity index is 1.20. The SMILES string of the molecule is COc1ccc(CNc2nnc(SCC(=O)N3CCN(c4ccccn4)CC3)s2)cc1. The second-order valence-electron chi connectivity index (χ2n) is 6.92. The highest BCUT2D eigenvalue weighted by Gasteiger charge is 2.22. The van der Waals surface area contributed by atoms with E-state index in [0.717, 1.165) is 39.7 Å². The van der Waals surface area contributed by atoms with Gasteiger partial charge in [-0.05, 0) is 29.8 Å². The lowest BCUT2D eigenvalue weighted by atomic mass is 10.2. The molecule has 1 saturated heterocycles. The van der Waals surface area contributed by atoms with Crippen molar-refractivity contribution in [2.24, 2.45) is 0 Å². The number of hydrogen-bond donors (Lipinski definition) is 1. The Kier molecular flexibility index (Phi) is 7.21. The molecule has 10 heteroatoms. The van der Waals surface area contributed by atoms with Crippen LogP contribution in [0, 0.1) is 0 Å². The van der Waals surface area contributed by atoms with Gasteiger partial charge in [0.15, 0.2) is 4.34 Å². The largest absolute Gasteiger partial charge is 0.497 e. The number of hydrogen-bond acceptors (Lipinski definition) is 9. The summed E-state index contributed by atoms with van der Waals surface area (Å²) in [6.45, 7) is 3.67. The lowest BCUT2D eigenvalue weighted by Gasteiger charge is -2.35. The van der Waals surface area contributed by atoms with Crippen LogP contribution >= 0.6 is 23.1 Å². The first-order valence-corrected chi connectivity index (χ1v) is 11.8. The summed E-state index contributed by atoms with van der Waals surface area (Å²) in [5.41, 5.74) is 1.13. The number of pyridine rings is 1. The van der Waals surface area contributed by atoms with Crippen LogP contribution < -0.4 is 15.0 Å². The van der Waals surface area contributed by atoms with E-state index in [1.165, 1.54) is 23.1 Å². The number of aromatic nitrogens is 3. The number of amides is 1. The normalized spacial score (nSPS) is 13.8. The quantitative estimate of drug-likeness (QED) is 0.518. The number of benzene rings is 1. The highest BCUT2D eigenvalue weighted by molar-refractivity contribution is 8.01. The molecular weight excluding hydrogens is 432 g/mol. The smallest absolute Gasteiger partial charge is 0.233 e. The molecule has 1 aliphatic heterocycles. The number of carbonyl (C=O) groups is 1. The topological polar surface area (TPSA) is 83.5 Å². The molecule has 3 aromatic rings. The molecule has 1 N–H and O–H groups in total. The molecule has 162 valence electrons. The van der Waals surface area contributed by atoms with Crippen molar-refractivity contribution in [3.8, 4) is 5.75 Å². The highest BCUT2D eigenvalue weighted by atomic mass is 32.2. The average molecular weight is 457 g/mol. The predicted molar refractivity (Wildman–Crippen MR) is 124 cm³/mol. The Labute approximate surface area is 189 Å². The van der Waals surface area contributed by atoms with Gasteiger partial charge in [0.2, 0.25) is 11.0 Å². The van der Waals surface area contributed by atoms with Crippen LogP contribution in [0.4, 0.5) is 10.9 Å². The maximum Gasteiger partial charge on any atom is 0.233 e. The summed E-state index contributed by atoms with van der Waals surface area (Å²) >= 11 is 2.90. The van der Waals surface area contributed by atoms with Gasteiger partial charge in [-0.15, -0.1) is 10.2 Å². The molecule has 31 heavy (non-hydrogen) atoms. The third kappa shape index (κ3) is 5.86. The number of piperazine rings is 1. The van der Waals surface area contributed by atoms with Gasteiger partial charge in [0.25, 0.3) is 0 Å². The third-order valence-corrected chi connectivity index (χ3v) is 6.93. The fourth-order valence-electron chi connectivity index (χ4n) is 3.20. The van der Waals surface area contributed by atoms with Gasteiger partial charge in [0.1, 0.15) is 11.6 Å². The van der Waals surface area contributed by atoms with Gasteiger partial charge in [-0.1, -0.05) is 41.3 Å². The second-order valence-corrected chi connectivity index (χ2v) is 9.12. The van der Waals surface area contributed by atoms with Crippen LogP contribution in [0.1, 0.15) is 5.56 Å². The van der Waals surface area contributed by atoms with Crippen LogP contribution in [-0.4, -0.2) is 65.0 Å². The van der Waals surface area contributed by atoms with Crippen molar-refractivity contribution in [2.45, 2.75) is 10.9 Å². The Morgan fingerprint density at radius 1 is 1.13 bits per heavy atom. The fourth-order valence-corrected chi connectivity index (χ4v) is 4.85. The molecule has 0 saturated carbocycles. The van der Waals surface area contributed by atoms with Crippen LogP contribution in [0.3, 0.4) is 0 Å². The maximum atomic E-state index is 12.6. The van der Waals surface area contributed by atoms with Gasteiger partial charge in [0, 0.05) is 38.9 Å². The standard InChI is InChI=1S/C21H24N6O2S2/c1-29-17-7-5-16(6-8-17)14-23-20-24-25-21(31-20)30-15-19(28)27-12-10-26(11-13-27)18-4-2-3-9-22-18/h2-9H,10-15H2,1H3,(H,23,24). The molecular formula is C21H24N6O2S2. The molecule has 0 spiro atoms. The number of carbonyl (C=O) groups excluding carboxylic acids is 1. The van der Waals surface area contributed by atoms with Crippen LogP contribution in [-0.2, 0) is 11.3 Å². The minimum absolute atomic E-state index is 0.133. The lowest BCUT2D eigenvalue weighted by Crippen LogP contribution is -2.49. The lowest BCUT2D eigenvalue weighted by molar-refractivity contribution is -0.128. The minimum Gasteiger partial charge on any atom is -0.497 e. The van der Waals surface area contributed by atoms with Crippen LogP contribution in [0.2, 0.25) is 0 Å². The third-order valence-electron chi connectivity index (χ3n) is 4.93. The molecule has 0 aliphatic carbocycles. The summed E-state index contributed by atoms with van der Waals surface area (Å²) < 4.78 is 5.96. The number of thioether (sulfide) groups is 1. The van der Waals surface area contributed by atoms with E-state index in [-0.39, 0.29) is 5.91 Å². The van der Waals surface area contributed by atoms with Gasteiger partial charge < -0.3 is 19.9 Å². The molecule has 3 heterocycles. The summed E-state index contributed by atoms with van der Waals surface area (Å²) in [7, 11) is 1.65. The monoisotopic (exact) mass is 456 g/mol. The molecule has 1 fully saturated rings. The first-order chi connectivity index (χ1) is 15.2. The second kappa shape index (κ2) is 10.5. The molecule has 1 amide bonds. The maximum absolute atomic E-state index is 12.6. The zero-order valence-corrected chi connectivity index (χ0v) is 18.9. The van der Waals surface area contributed by atoms with E-state index in [0.29, 0.717) is 25.4 Å². The first-order valence-electron chi connectivity index (χ1n) is 9.98. The molecule has 4 rings (SSSR count). The number of anilines is 2. The van der Waals surface area contributed by atoms with E-state index >= 15 is 0 Å². The van der Waals surface area contributed by atoms with E-state index < -0.39 is 0 Å². The van der Waals surface area contributed by atoms with Crippen molar-refractivity contribution >= 4 is 40.0 Å². The van der Waals surface area contributed by atoms with Crippen LogP contribution in [0.25, 0.3) is 0 Å². The predicted octanol–water partition coefficient (Wildman–Crippen LogP) is 2.99. The summed E-state index contributed by atoms with van der Waals surface area (Å²) in [4.78, 5) is 21.1. The Hall–Kier alpha value is -2.85. The Morgan fingerprint density at radius 2 is 1.94 bits per heavy atom. The van der Waals surface area contributed by atoms with E-state index in [4.69, 9.17) is 4.74 Å². The summed E-state index contributed by atoms with van der Waals surface area (Å²) in [6.07, 6.45) is 1.80.